The van der Waals surface area contributed by atoms with Gasteiger partial charge in [0.1, 0.15) is 5.01 Å². The van der Waals surface area contributed by atoms with E-state index in [1.165, 1.54) is 16.9 Å². The van der Waals surface area contributed by atoms with Crippen LogP contribution in [-0.2, 0) is 6.42 Å². The Morgan fingerprint density at radius 3 is 2.59 bits per heavy atom. The van der Waals surface area contributed by atoms with E-state index in [0.29, 0.717) is 5.56 Å². The van der Waals surface area contributed by atoms with E-state index in [1.54, 1.807) is 4.52 Å². The molecule has 0 unspecified atom stereocenters. The fourth-order valence-electron chi connectivity index (χ4n) is 2.81. The number of carbonyl (C=O) groups excluding carboxylic acids is 1. The molecule has 7 heteroatoms. The quantitative estimate of drug-likeness (QED) is 0.576. The van der Waals surface area contributed by atoms with Gasteiger partial charge in [-0.25, -0.2) is 0 Å². The number of rotatable bonds is 4. The van der Waals surface area contributed by atoms with Gasteiger partial charge in [-0.05, 0) is 49.6 Å². The molecule has 0 aliphatic heterocycles. The van der Waals surface area contributed by atoms with Gasteiger partial charge in [0.15, 0.2) is 5.82 Å². The first-order chi connectivity index (χ1) is 13.0. The molecule has 2 aromatic heterocycles. The Morgan fingerprint density at radius 2 is 1.89 bits per heavy atom. The zero-order chi connectivity index (χ0) is 19.0. The molecule has 0 saturated heterocycles. The van der Waals surface area contributed by atoms with E-state index in [9.17, 15) is 4.79 Å². The molecule has 4 rings (SSSR count). The highest BCUT2D eigenvalue weighted by atomic mass is 32.1. The monoisotopic (exact) mass is 377 g/mol. The Bertz CT molecular complexity index is 1130. The lowest BCUT2D eigenvalue weighted by Crippen LogP contribution is -2.12. The third kappa shape index (κ3) is 3.33. The van der Waals surface area contributed by atoms with E-state index in [4.69, 9.17) is 0 Å². The topological polar surface area (TPSA) is 72.2 Å². The highest BCUT2D eigenvalue weighted by molar-refractivity contribution is 7.19. The molecule has 0 aliphatic carbocycles. The van der Waals surface area contributed by atoms with Crippen LogP contribution < -0.4 is 5.32 Å². The van der Waals surface area contributed by atoms with E-state index in [2.05, 4.69) is 27.5 Å². The number of aromatic nitrogens is 4. The number of anilines is 1. The number of fused-ring (bicyclic) bond motifs is 1. The van der Waals surface area contributed by atoms with Gasteiger partial charge in [-0.15, -0.1) is 10.2 Å². The summed E-state index contributed by atoms with van der Waals surface area (Å²) in [5, 5.41) is 16.5. The minimum absolute atomic E-state index is 0.119. The number of hydrogen-bond donors (Lipinski definition) is 1. The van der Waals surface area contributed by atoms with Gasteiger partial charge in [-0.1, -0.05) is 42.5 Å². The van der Waals surface area contributed by atoms with Crippen molar-refractivity contribution in [3.8, 4) is 10.6 Å². The highest BCUT2D eigenvalue weighted by Gasteiger charge is 2.13. The number of carbonyl (C=O) groups is 1. The maximum atomic E-state index is 12.6. The van der Waals surface area contributed by atoms with Crippen molar-refractivity contribution in [1.29, 1.82) is 0 Å². The zero-order valence-corrected chi connectivity index (χ0v) is 16.2. The van der Waals surface area contributed by atoms with Gasteiger partial charge in [-0.2, -0.15) is 9.61 Å². The van der Waals surface area contributed by atoms with Crippen LogP contribution in [0.25, 0.3) is 15.5 Å². The Morgan fingerprint density at radius 1 is 1.11 bits per heavy atom. The Balaban J connectivity index is 1.62. The third-order valence-corrected chi connectivity index (χ3v) is 5.45. The molecule has 0 spiro atoms. The summed E-state index contributed by atoms with van der Waals surface area (Å²) in [6, 6.07) is 13.6. The fourth-order valence-corrected chi connectivity index (χ4v) is 3.69. The van der Waals surface area contributed by atoms with Gasteiger partial charge in [0.25, 0.3) is 5.91 Å². The summed E-state index contributed by atoms with van der Waals surface area (Å²) in [6.07, 6.45) is 0.954. The number of aryl methyl sites for hydroxylation is 3. The second-order valence-corrected chi connectivity index (χ2v) is 7.34. The minimum atomic E-state index is -0.119. The smallest absolute Gasteiger partial charge is 0.255 e. The van der Waals surface area contributed by atoms with Crippen molar-refractivity contribution in [2.45, 2.75) is 27.2 Å². The lowest BCUT2D eigenvalue weighted by atomic mass is 10.1. The third-order valence-electron chi connectivity index (χ3n) is 4.50. The summed E-state index contributed by atoms with van der Waals surface area (Å²) >= 11 is 1.47. The molecule has 0 aliphatic rings. The number of nitrogens with one attached hydrogen (secondary N) is 1. The normalized spacial score (nSPS) is 11.1. The fraction of sp³-hybridized carbons (Fsp3) is 0.200. The largest absolute Gasteiger partial charge is 0.322 e. The van der Waals surface area contributed by atoms with Crippen molar-refractivity contribution in [2.24, 2.45) is 0 Å². The molecule has 1 amide bonds. The molecule has 0 atom stereocenters. The first kappa shape index (κ1) is 17.4. The van der Waals surface area contributed by atoms with E-state index in [1.807, 2.05) is 56.3 Å². The highest BCUT2D eigenvalue weighted by Crippen LogP contribution is 2.29. The van der Waals surface area contributed by atoms with E-state index in [-0.39, 0.29) is 5.91 Å². The molecule has 4 aromatic rings. The molecular weight excluding hydrogens is 358 g/mol. The summed E-state index contributed by atoms with van der Waals surface area (Å²) in [7, 11) is 0. The van der Waals surface area contributed by atoms with Gasteiger partial charge < -0.3 is 5.32 Å². The Kier molecular flexibility index (Phi) is 4.45. The Hall–Kier alpha value is -3.06. The summed E-state index contributed by atoms with van der Waals surface area (Å²) < 4.78 is 1.73. The lowest BCUT2D eigenvalue weighted by molar-refractivity contribution is 0.102. The van der Waals surface area contributed by atoms with Crippen molar-refractivity contribution in [1.82, 2.24) is 19.8 Å². The molecule has 2 aromatic carbocycles. The van der Waals surface area contributed by atoms with Crippen LogP contribution in [0.1, 0.15) is 34.2 Å². The van der Waals surface area contributed by atoms with Crippen molar-refractivity contribution in [3.63, 3.8) is 0 Å². The first-order valence-electron chi connectivity index (χ1n) is 8.75. The average Bonchev–Trinajstić information content (AvgIpc) is 3.26. The number of nitrogens with zero attached hydrogens (tertiary/aromatic N) is 4. The molecule has 0 fully saturated rings. The first-order valence-corrected chi connectivity index (χ1v) is 9.57. The molecule has 0 saturated carbocycles. The van der Waals surface area contributed by atoms with Crippen molar-refractivity contribution in [3.05, 3.63) is 65.0 Å². The van der Waals surface area contributed by atoms with Crippen LogP contribution in [-0.4, -0.2) is 25.7 Å². The van der Waals surface area contributed by atoms with Crippen LogP contribution in [0.2, 0.25) is 0 Å². The van der Waals surface area contributed by atoms with Gasteiger partial charge >= 0.3 is 0 Å². The maximum Gasteiger partial charge on any atom is 0.255 e. The average molecular weight is 377 g/mol. The van der Waals surface area contributed by atoms with Crippen LogP contribution in [0.3, 0.4) is 0 Å². The van der Waals surface area contributed by atoms with Crippen molar-refractivity contribution < 1.29 is 4.79 Å². The van der Waals surface area contributed by atoms with Crippen LogP contribution in [0.4, 0.5) is 5.69 Å². The summed E-state index contributed by atoms with van der Waals surface area (Å²) in [4.78, 5) is 13.4. The summed E-state index contributed by atoms with van der Waals surface area (Å²) in [6.45, 7) is 5.94. The Labute approximate surface area is 160 Å². The van der Waals surface area contributed by atoms with E-state index >= 15 is 0 Å². The number of hydrogen-bond acceptors (Lipinski definition) is 5. The second-order valence-electron chi connectivity index (χ2n) is 6.38. The minimum Gasteiger partial charge on any atom is -0.322 e. The SMILES string of the molecule is CCc1ccc(C(=O)Nc2cc(-c3nn4c(C)nnc4s3)ccc2C)cc1. The molecule has 0 bridgehead atoms. The van der Waals surface area contributed by atoms with Gasteiger partial charge in [0, 0.05) is 16.8 Å². The second kappa shape index (κ2) is 6.92. The van der Waals surface area contributed by atoms with Crippen molar-refractivity contribution >= 4 is 27.9 Å². The maximum absolute atomic E-state index is 12.6. The van der Waals surface area contributed by atoms with Gasteiger partial charge in [-0.3, -0.25) is 4.79 Å². The van der Waals surface area contributed by atoms with Crippen LogP contribution in [0.15, 0.2) is 42.5 Å². The van der Waals surface area contributed by atoms with E-state index in [0.717, 1.165) is 39.0 Å². The van der Waals surface area contributed by atoms with E-state index < -0.39 is 0 Å². The number of benzene rings is 2. The van der Waals surface area contributed by atoms with Crippen LogP contribution in [0.5, 0.6) is 0 Å². The van der Waals surface area contributed by atoms with Crippen molar-refractivity contribution in [2.75, 3.05) is 5.32 Å². The van der Waals surface area contributed by atoms with Crippen LogP contribution in [0, 0.1) is 13.8 Å². The lowest BCUT2D eigenvalue weighted by Gasteiger charge is -2.10. The standard InChI is InChI=1S/C20H19N5OS/c1-4-14-6-9-15(10-7-14)18(26)21-17-11-16(8-5-12(17)2)19-24-25-13(3)22-23-20(25)27-19/h5-11H,4H2,1-3H3,(H,21,26). The molecule has 27 heavy (non-hydrogen) atoms. The number of amides is 1. The van der Waals surface area contributed by atoms with Gasteiger partial charge in [0.2, 0.25) is 4.96 Å². The van der Waals surface area contributed by atoms with Gasteiger partial charge in [0.05, 0.1) is 0 Å². The van der Waals surface area contributed by atoms with Crippen LogP contribution >= 0.6 is 11.3 Å². The molecule has 136 valence electrons. The molecule has 2 heterocycles. The molecule has 6 nitrogen and oxygen atoms in total. The summed E-state index contributed by atoms with van der Waals surface area (Å²) in [5.74, 6) is 0.635. The predicted molar refractivity (Wildman–Crippen MR) is 107 cm³/mol. The molecular formula is C20H19N5OS. The summed E-state index contributed by atoms with van der Waals surface area (Å²) in [5.41, 5.74) is 4.57. The molecule has 0 radical (unpaired) electrons. The predicted octanol–water partition coefficient (Wildman–Crippen LogP) is 4.28. The zero-order valence-electron chi connectivity index (χ0n) is 15.4. The molecule has 1 N–H and O–H groups in total.